The number of nitrogens with zero attached hydrogens (tertiary/aromatic N) is 2. The van der Waals surface area contributed by atoms with Crippen molar-refractivity contribution in [2.24, 2.45) is 0 Å². The van der Waals surface area contributed by atoms with Crippen molar-refractivity contribution in [1.29, 1.82) is 0 Å². The van der Waals surface area contributed by atoms with Gasteiger partial charge in [-0.25, -0.2) is 17.8 Å². The second-order valence-corrected chi connectivity index (χ2v) is 8.50. The minimum atomic E-state index is -3.66. The van der Waals surface area contributed by atoms with Crippen molar-refractivity contribution in [3.8, 4) is 5.69 Å². The largest absolute Gasteiger partial charge is 0.295 e. The zero-order valence-electron chi connectivity index (χ0n) is 16.1. The molecule has 0 aliphatic carbocycles. The van der Waals surface area contributed by atoms with Crippen LogP contribution in [0.25, 0.3) is 5.69 Å². The van der Waals surface area contributed by atoms with Crippen LogP contribution >= 0.6 is 0 Å². The Morgan fingerprint density at radius 1 is 1.07 bits per heavy atom. The number of carbonyl (C=O) groups is 1. The zero-order valence-corrected chi connectivity index (χ0v) is 17.0. The molecule has 0 aliphatic rings. The molecule has 0 amide bonds. The van der Waals surface area contributed by atoms with Crippen LogP contribution in [-0.4, -0.2) is 30.5 Å². The van der Waals surface area contributed by atoms with Crippen LogP contribution in [0.15, 0.2) is 59.5 Å². The molecule has 0 atom stereocenters. The molecule has 7 heteroatoms. The molecule has 0 saturated carbocycles. The van der Waals surface area contributed by atoms with E-state index in [2.05, 4.69) is 9.82 Å². The van der Waals surface area contributed by atoms with E-state index in [4.69, 9.17) is 0 Å². The molecular formula is C21H23N3O3S. The summed E-state index contributed by atoms with van der Waals surface area (Å²) in [6.07, 6.45) is 0.559. The molecule has 6 nitrogen and oxygen atoms in total. The lowest BCUT2D eigenvalue weighted by atomic mass is 10.1. The number of hydrogen-bond donors (Lipinski definition) is 1. The molecule has 0 spiro atoms. The summed E-state index contributed by atoms with van der Waals surface area (Å²) in [4.78, 5) is 11.6. The number of aromatic nitrogens is 2. The minimum Gasteiger partial charge on any atom is -0.295 e. The lowest BCUT2D eigenvalue weighted by molar-refractivity contribution is 0.101. The Kier molecular flexibility index (Phi) is 5.76. The van der Waals surface area contributed by atoms with E-state index < -0.39 is 10.0 Å². The fourth-order valence-corrected chi connectivity index (χ4v) is 4.07. The second-order valence-electron chi connectivity index (χ2n) is 6.74. The van der Waals surface area contributed by atoms with E-state index in [-0.39, 0.29) is 17.2 Å². The molecule has 3 aromatic rings. The monoisotopic (exact) mass is 397 g/mol. The van der Waals surface area contributed by atoms with Crippen molar-refractivity contribution >= 4 is 15.8 Å². The first-order valence-electron chi connectivity index (χ1n) is 8.99. The van der Waals surface area contributed by atoms with Gasteiger partial charge in [0, 0.05) is 17.8 Å². The van der Waals surface area contributed by atoms with Gasteiger partial charge in [-0.3, -0.25) is 4.79 Å². The van der Waals surface area contributed by atoms with E-state index in [0.29, 0.717) is 12.0 Å². The number of hydrogen-bond acceptors (Lipinski definition) is 4. The van der Waals surface area contributed by atoms with E-state index in [1.54, 1.807) is 12.1 Å². The molecule has 1 heterocycles. The molecule has 0 saturated heterocycles. The summed E-state index contributed by atoms with van der Waals surface area (Å²) in [6.45, 7) is 5.64. The van der Waals surface area contributed by atoms with E-state index in [9.17, 15) is 13.2 Å². The molecule has 1 aromatic heterocycles. The number of sulfonamides is 1. The fourth-order valence-electron chi connectivity index (χ4n) is 2.99. The molecule has 3 rings (SSSR count). The highest BCUT2D eigenvalue weighted by atomic mass is 32.2. The van der Waals surface area contributed by atoms with Crippen LogP contribution in [0, 0.1) is 13.8 Å². The fraction of sp³-hybridized carbons (Fsp3) is 0.238. The van der Waals surface area contributed by atoms with Crippen molar-refractivity contribution in [1.82, 2.24) is 14.5 Å². The van der Waals surface area contributed by atoms with E-state index >= 15 is 0 Å². The maximum atomic E-state index is 12.4. The average molecular weight is 398 g/mol. The van der Waals surface area contributed by atoms with Crippen LogP contribution in [0.1, 0.15) is 34.2 Å². The quantitative estimate of drug-likeness (QED) is 0.621. The summed E-state index contributed by atoms with van der Waals surface area (Å²) < 4.78 is 29.4. The lowest BCUT2D eigenvalue weighted by Gasteiger charge is -2.09. The van der Waals surface area contributed by atoms with Crippen molar-refractivity contribution in [3.05, 3.63) is 77.1 Å². The van der Waals surface area contributed by atoms with E-state index in [1.165, 1.54) is 19.1 Å². The Bertz CT molecular complexity index is 1100. The van der Waals surface area contributed by atoms with Crippen LogP contribution in [-0.2, 0) is 16.4 Å². The first-order chi connectivity index (χ1) is 13.3. The van der Waals surface area contributed by atoms with Gasteiger partial charge in [0.05, 0.1) is 16.3 Å². The number of rotatable bonds is 7. The van der Waals surface area contributed by atoms with Crippen molar-refractivity contribution in [3.63, 3.8) is 0 Å². The second kappa shape index (κ2) is 8.08. The molecule has 28 heavy (non-hydrogen) atoms. The summed E-state index contributed by atoms with van der Waals surface area (Å²) in [5, 5.41) is 4.46. The first-order valence-corrected chi connectivity index (χ1v) is 10.5. The summed E-state index contributed by atoms with van der Waals surface area (Å²) in [7, 11) is -3.66. The Labute approximate surface area is 165 Å². The summed E-state index contributed by atoms with van der Waals surface area (Å²) >= 11 is 0. The van der Waals surface area contributed by atoms with Gasteiger partial charge in [-0.05, 0) is 63.1 Å². The molecule has 2 aromatic carbocycles. The summed E-state index contributed by atoms with van der Waals surface area (Å²) in [5.74, 6) is -0.167. The van der Waals surface area contributed by atoms with Gasteiger partial charge in [0.1, 0.15) is 0 Å². The predicted octanol–water partition coefficient (Wildman–Crippen LogP) is 3.21. The van der Waals surface area contributed by atoms with Gasteiger partial charge in [-0.15, -0.1) is 0 Å². The third kappa shape index (κ3) is 4.55. The van der Waals surface area contributed by atoms with Crippen molar-refractivity contribution in [2.75, 3.05) is 6.54 Å². The topological polar surface area (TPSA) is 81.1 Å². The van der Waals surface area contributed by atoms with Crippen molar-refractivity contribution in [2.45, 2.75) is 32.1 Å². The van der Waals surface area contributed by atoms with E-state index in [1.807, 2.05) is 48.9 Å². The molecule has 0 fully saturated rings. The normalized spacial score (nSPS) is 11.5. The maximum absolute atomic E-state index is 12.4. The summed E-state index contributed by atoms with van der Waals surface area (Å²) in [5.41, 5.74) is 4.39. The summed E-state index contributed by atoms with van der Waals surface area (Å²) in [6, 6.07) is 16.0. The van der Waals surface area contributed by atoms with Crippen molar-refractivity contribution < 1.29 is 13.2 Å². The van der Waals surface area contributed by atoms with Crippen LogP contribution in [0.2, 0.25) is 0 Å². The molecule has 0 unspecified atom stereocenters. The third-order valence-corrected chi connectivity index (χ3v) is 5.91. The number of aryl methyl sites for hydroxylation is 2. The minimum absolute atomic E-state index is 0.0973. The van der Waals surface area contributed by atoms with Gasteiger partial charge in [-0.2, -0.15) is 5.10 Å². The highest BCUT2D eigenvalue weighted by molar-refractivity contribution is 7.89. The Morgan fingerprint density at radius 3 is 2.39 bits per heavy atom. The van der Waals surface area contributed by atoms with Gasteiger partial charge in [0.2, 0.25) is 10.0 Å². The predicted molar refractivity (Wildman–Crippen MR) is 108 cm³/mol. The zero-order chi connectivity index (χ0) is 20.3. The standard InChI is InChI=1S/C21H23N3O3S/c1-15-13-16(2)24(23-15)20-9-7-18(8-10-20)11-12-22-28(26,27)21-6-4-5-19(14-21)17(3)25/h4-10,13-14,22H,11-12H2,1-3H3. The smallest absolute Gasteiger partial charge is 0.240 e. The number of nitrogens with one attached hydrogen (secondary N) is 1. The van der Waals surface area contributed by atoms with Gasteiger partial charge in [0.15, 0.2) is 5.78 Å². The molecule has 0 radical (unpaired) electrons. The van der Waals surface area contributed by atoms with Crippen LogP contribution in [0.5, 0.6) is 0 Å². The van der Waals surface area contributed by atoms with E-state index in [0.717, 1.165) is 22.6 Å². The number of Topliss-reactive ketones (excluding diaryl/α,β-unsaturated/α-hetero) is 1. The van der Waals surface area contributed by atoms with Gasteiger partial charge in [-0.1, -0.05) is 24.3 Å². The molecule has 146 valence electrons. The SMILES string of the molecule is CC(=O)c1cccc(S(=O)(=O)NCCc2ccc(-n3nc(C)cc3C)cc2)c1. The lowest BCUT2D eigenvalue weighted by Crippen LogP contribution is -2.26. The van der Waals surface area contributed by atoms with Gasteiger partial charge >= 0.3 is 0 Å². The molecule has 1 N–H and O–H groups in total. The first kappa shape index (κ1) is 20.0. The molecule has 0 aliphatic heterocycles. The van der Waals surface area contributed by atoms with Gasteiger partial charge < -0.3 is 0 Å². The van der Waals surface area contributed by atoms with Crippen LogP contribution < -0.4 is 4.72 Å². The number of ketones is 1. The molecular weight excluding hydrogens is 374 g/mol. The number of benzene rings is 2. The van der Waals surface area contributed by atoms with Crippen LogP contribution in [0.3, 0.4) is 0 Å². The Balaban J connectivity index is 1.64. The highest BCUT2D eigenvalue weighted by Crippen LogP contribution is 2.14. The molecule has 0 bridgehead atoms. The van der Waals surface area contributed by atoms with Gasteiger partial charge in [0.25, 0.3) is 0 Å². The third-order valence-electron chi connectivity index (χ3n) is 4.45. The number of carbonyl (C=O) groups excluding carboxylic acids is 1. The Morgan fingerprint density at radius 2 is 1.79 bits per heavy atom. The highest BCUT2D eigenvalue weighted by Gasteiger charge is 2.14. The average Bonchev–Trinajstić information content (AvgIpc) is 3.00. The van der Waals surface area contributed by atoms with Crippen LogP contribution in [0.4, 0.5) is 0 Å². The Hall–Kier alpha value is -2.77. The maximum Gasteiger partial charge on any atom is 0.240 e.